The van der Waals surface area contributed by atoms with E-state index in [-0.39, 0.29) is 24.0 Å². The molecule has 0 aliphatic rings. The van der Waals surface area contributed by atoms with E-state index < -0.39 is 35.8 Å². The van der Waals surface area contributed by atoms with Crippen molar-refractivity contribution in [3.63, 3.8) is 0 Å². The van der Waals surface area contributed by atoms with Gasteiger partial charge in [-0.15, -0.1) is 0 Å². The molecule has 0 amide bonds. The normalized spacial score (nSPS) is 9.65. The fourth-order valence-corrected chi connectivity index (χ4v) is 2.16. The fraction of sp³-hybridized carbons (Fsp3) is 0.364. The van der Waals surface area contributed by atoms with E-state index >= 15 is 0 Å². The number of hydrogen-bond acceptors (Lipinski definition) is 6. The molecule has 0 saturated carbocycles. The number of carboxylic acids is 6. The third-order valence-corrected chi connectivity index (χ3v) is 3.78. The first-order chi connectivity index (χ1) is 15.9. The molecule has 1 rings (SSSR count). The maximum atomic E-state index is 10.3. The van der Waals surface area contributed by atoms with Gasteiger partial charge in [0.05, 0.1) is 11.1 Å². The largest absolute Gasteiger partial charge is 0.481 e. The molecule has 12 heteroatoms. The lowest BCUT2D eigenvalue weighted by molar-refractivity contribution is -0.138. The monoisotopic (exact) mass is 484 g/mol. The SMILES string of the molecule is O=C(O)/C=C\C(=O)O.O=C(O)CCCCCCCCC(=O)O.O=C(O)c1ccc(C(=O)O)cc1. The van der Waals surface area contributed by atoms with Crippen LogP contribution < -0.4 is 0 Å². The third kappa shape index (κ3) is 22.5. The summed E-state index contributed by atoms with van der Waals surface area (Å²) in [5.74, 6) is -6.12. The summed E-state index contributed by atoms with van der Waals surface area (Å²) in [6.45, 7) is 0. The first-order valence-electron chi connectivity index (χ1n) is 10.0. The fourth-order valence-electron chi connectivity index (χ4n) is 2.16. The molecule has 0 bridgehead atoms. The van der Waals surface area contributed by atoms with Gasteiger partial charge in [0.25, 0.3) is 0 Å². The Kier molecular flexibility index (Phi) is 18.3. The Morgan fingerprint density at radius 1 is 0.500 bits per heavy atom. The summed E-state index contributed by atoms with van der Waals surface area (Å²) in [5.41, 5.74) is 0.167. The third-order valence-electron chi connectivity index (χ3n) is 3.78. The van der Waals surface area contributed by atoms with E-state index in [1.54, 1.807) is 0 Å². The van der Waals surface area contributed by atoms with Crippen LogP contribution in [0.25, 0.3) is 0 Å². The maximum Gasteiger partial charge on any atom is 0.335 e. The van der Waals surface area contributed by atoms with Crippen molar-refractivity contribution in [1.82, 2.24) is 0 Å². The van der Waals surface area contributed by atoms with Gasteiger partial charge in [-0.25, -0.2) is 19.2 Å². The Labute approximate surface area is 194 Å². The van der Waals surface area contributed by atoms with Crippen molar-refractivity contribution in [2.45, 2.75) is 51.4 Å². The quantitative estimate of drug-likeness (QED) is 0.175. The summed E-state index contributed by atoms with van der Waals surface area (Å²) in [4.78, 5) is 60.1. The van der Waals surface area contributed by atoms with Crippen molar-refractivity contribution < 1.29 is 59.4 Å². The highest BCUT2D eigenvalue weighted by molar-refractivity contribution is 5.91. The number of aliphatic carboxylic acids is 4. The van der Waals surface area contributed by atoms with Gasteiger partial charge in [-0.3, -0.25) is 9.59 Å². The van der Waals surface area contributed by atoms with Crippen molar-refractivity contribution in [3.8, 4) is 0 Å². The van der Waals surface area contributed by atoms with Gasteiger partial charge in [0.1, 0.15) is 0 Å². The lowest BCUT2D eigenvalue weighted by atomic mass is 10.1. The number of benzene rings is 1. The van der Waals surface area contributed by atoms with Crippen LogP contribution in [0.4, 0.5) is 0 Å². The Hall–Kier alpha value is -4.22. The van der Waals surface area contributed by atoms with Crippen LogP contribution in [0.15, 0.2) is 36.4 Å². The van der Waals surface area contributed by atoms with Gasteiger partial charge in [0, 0.05) is 25.0 Å². The summed E-state index contributed by atoms with van der Waals surface area (Å²) in [7, 11) is 0. The molecule has 0 radical (unpaired) electrons. The molecule has 1 aromatic carbocycles. The van der Waals surface area contributed by atoms with Crippen LogP contribution in [0.1, 0.15) is 72.1 Å². The average molecular weight is 484 g/mol. The lowest BCUT2D eigenvalue weighted by Gasteiger charge is -1.98. The summed E-state index contributed by atoms with van der Waals surface area (Å²) in [6.07, 6.45) is 6.94. The molecule has 6 N–H and O–H groups in total. The molecule has 0 heterocycles. The van der Waals surface area contributed by atoms with E-state index in [2.05, 4.69) is 0 Å². The minimum atomic E-state index is -1.26. The molecule has 0 unspecified atom stereocenters. The van der Waals surface area contributed by atoms with E-state index in [0.717, 1.165) is 38.5 Å². The van der Waals surface area contributed by atoms with Crippen LogP contribution >= 0.6 is 0 Å². The highest BCUT2D eigenvalue weighted by Gasteiger charge is 2.05. The molecule has 12 nitrogen and oxygen atoms in total. The smallest absolute Gasteiger partial charge is 0.335 e. The highest BCUT2D eigenvalue weighted by Crippen LogP contribution is 2.08. The van der Waals surface area contributed by atoms with E-state index in [9.17, 15) is 28.8 Å². The maximum absolute atomic E-state index is 10.3. The van der Waals surface area contributed by atoms with E-state index in [4.69, 9.17) is 30.6 Å². The van der Waals surface area contributed by atoms with Gasteiger partial charge >= 0.3 is 35.8 Å². The molecule has 0 fully saturated rings. The van der Waals surface area contributed by atoms with Crippen LogP contribution in [0.5, 0.6) is 0 Å². The van der Waals surface area contributed by atoms with Crippen molar-refractivity contribution in [2.24, 2.45) is 0 Å². The van der Waals surface area contributed by atoms with Crippen LogP contribution in [0.2, 0.25) is 0 Å². The minimum Gasteiger partial charge on any atom is -0.481 e. The topological polar surface area (TPSA) is 224 Å². The van der Waals surface area contributed by atoms with E-state index in [0.29, 0.717) is 12.2 Å². The van der Waals surface area contributed by atoms with Gasteiger partial charge in [0.15, 0.2) is 0 Å². The summed E-state index contributed by atoms with van der Waals surface area (Å²) in [6, 6.07) is 5.02. The number of aromatic carboxylic acids is 2. The van der Waals surface area contributed by atoms with Crippen molar-refractivity contribution >= 4 is 35.8 Å². The van der Waals surface area contributed by atoms with Gasteiger partial charge < -0.3 is 30.6 Å². The lowest BCUT2D eigenvalue weighted by Crippen LogP contribution is -1.99. The van der Waals surface area contributed by atoms with Gasteiger partial charge in [-0.2, -0.15) is 0 Å². The van der Waals surface area contributed by atoms with Crippen LogP contribution in [-0.2, 0) is 19.2 Å². The number of rotatable bonds is 13. The first kappa shape index (κ1) is 32.0. The van der Waals surface area contributed by atoms with Crippen LogP contribution in [0.3, 0.4) is 0 Å². The second-order valence-corrected chi connectivity index (χ2v) is 6.61. The predicted molar refractivity (Wildman–Crippen MR) is 117 cm³/mol. The zero-order valence-electron chi connectivity index (χ0n) is 18.3. The summed E-state index contributed by atoms with van der Waals surface area (Å²) < 4.78 is 0. The van der Waals surface area contributed by atoms with Crippen molar-refractivity contribution in [3.05, 3.63) is 47.5 Å². The molecular weight excluding hydrogens is 456 g/mol. The molecule has 34 heavy (non-hydrogen) atoms. The van der Waals surface area contributed by atoms with E-state index in [1.165, 1.54) is 24.3 Å². The molecule has 1 aromatic rings. The molecule has 0 spiro atoms. The van der Waals surface area contributed by atoms with Crippen molar-refractivity contribution in [2.75, 3.05) is 0 Å². The van der Waals surface area contributed by atoms with Gasteiger partial charge in [-0.1, -0.05) is 25.7 Å². The molecule has 0 aliphatic heterocycles. The van der Waals surface area contributed by atoms with Crippen LogP contribution in [0, 0.1) is 0 Å². The molecule has 0 atom stereocenters. The Balaban J connectivity index is 0. The molecule has 0 aromatic heterocycles. The standard InChI is InChI=1S/C10H18O4.C8H6O4.C4H4O4/c11-9(12)7-5-3-1-2-4-6-8-10(13)14;9-7(10)5-1-2-6(4-3-5)8(11)12;5-3(6)1-2-4(7)8/h1-8H2,(H,11,12)(H,13,14);1-4H,(H,9,10)(H,11,12);1-2H,(H,5,6)(H,7,8)/b;;2-1-. The van der Waals surface area contributed by atoms with Crippen LogP contribution in [-0.4, -0.2) is 66.5 Å². The molecular formula is C22H28O12. The second-order valence-electron chi connectivity index (χ2n) is 6.61. The second kappa shape index (κ2) is 19.5. The number of carbonyl (C=O) groups is 6. The van der Waals surface area contributed by atoms with Crippen molar-refractivity contribution in [1.29, 1.82) is 0 Å². The Morgan fingerprint density at radius 2 is 0.765 bits per heavy atom. The summed E-state index contributed by atoms with van der Waals surface area (Å²) in [5, 5.41) is 49.3. The minimum absolute atomic E-state index is 0.0833. The molecule has 188 valence electrons. The first-order valence-corrected chi connectivity index (χ1v) is 10.0. The predicted octanol–water partition coefficient (Wildman–Crippen LogP) is 3.07. The zero-order chi connectivity index (χ0) is 26.5. The Morgan fingerprint density at radius 3 is 0.971 bits per heavy atom. The zero-order valence-corrected chi connectivity index (χ0v) is 18.3. The Bertz CT molecular complexity index is 771. The molecule has 0 saturated heterocycles. The van der Waals surface area contributed by atoms with E-state index in [1.807, 2.05) is 0 Å². The number of carboxylic acid groups (broad SMARTS) is 6. The number of hydrogen-bond donors (Lipinski definition) is 6. The molecule has 0 aliphatic carbocycles. The van der Waals surface area contributed by atoms with Gasteiger partial charge in [0.2, 0.25) is 0 Å². The average Bonchev–Trinajstić information content (AvgIpc) is 2.74. The highest BCUT2D eigenvalue weighted by atomic mass is 16.4. The van der Waals surface area contributed by atoms with Gasteiger partial charge in [-0.05, 0) is 37.1 Å². The number of unbranched alkanes of at least 4 members (excludes halogenated alkanes) is 5. The summed E-state index contributed by atoms with van der Waals surface area (Å²) >= 11 is 0.